The molecule has 22 heavy (non-hydrogen) atoms. The van der Waals surface area contributed by atoms with E-state index in [1.54, 1.807) is 19.1 Å². The minimum Gasteiger partial charge on any atom is -0.462 e. The number of allylic oxidation sites excluding steroid dienone is 1. The van der Waals surface area contributed by atoms with Crippen molar-refractivity contribution in [2.75, 3.05) is 12.9 Å². The summed E-state index contributed by atoms with van der Waals surface area (Å²) < 4.78 is 28.1. The zero-order valence-electron chi connectivity index (χ0n) is 13.6. The Bertz CT molecular complexity index is 625. The molecule has 122 valence electrons. The molecule has 0 bridgehead atoms. The Kier molecular flexibility index (Phi) is 6.81. The topological polar surface area (TPSA) is 60.4 Å². The third-order valence-corrected chi connectivity index (χ3v) is 4.31. The van der Waals surface area contributed by atoms with Crippen LogP contribution >= 0.6 is 0 Å². The van der Waals surface area contributed by atoms with Gasteiger partial charge in [0.25, 0.3) is 0 Å². The number of benzene rings is 1. The maximum Gasteiger partial charge on any atom is 0.338 e. The third-order valence-electron chi connectivity index (χ3n) is 3.18. The first-order chi connectivity index (χ1) is 10.3. The molecule has 5 heteroatoms. The van der Waals surface area contributed by atoms with Crippen molar-refractivity contribution in [3.63, 3.8) is 0 Å². The Labute approximate surface area is 133 Å². The van der Waals surface area contributed by atoms with Gasteiger partial charge in [-0.25, -0.2) is 13.2 Å². The fourth-order valence-electron chi connectivity index (χ4n) is 1.97. The van der Waals surface area contributed by atoms with E-state index in [2.05, 4.69) is 13.8 Å². The van der Waals surface area contributed by atoms with Gasteiger partial charge in [-0.05, 0) is 43.4 Å². The molecule has 0 aromatic heterocycles. The van der Waals surface area contributed by atoms with Gasteiger partial charge in [0.15, 0.2) is 9.84 Å². The monoisotopic (exact) mass is 324 g/mol. The smallest absolute Gasteiger partial charge is 0.338 e. The molecule has 0 saturated carbocycles. The van der Waals surface area contributed by atoms with Crippen LogP contribution in [0.4, 0.5) is 0 Å². The Balaban J connectivity index is 3.07. The second kappa shape index (κ2) is 8.13. The van der Waals surface area contributed by atoms with Gasteiger partial charge in [-0.1, -0.05) is 32.1 Å². The molecule has 0 saturated heterocycles. The molecule has 0 fully saturated rings. The quantitative estimate of drug-likeness (QED) is 0.569. The van der Waals surface area contributed by atoms with Crippen LogP contribution in [0.3, 0.4) is 0 Å². The Morgan fingerprint density at radius 1 is 1.23 bits per heavy atom. The number of sulfone groups is 1. The lowest BCUT2D eigenvalue weighted by molar-refractivity contribution is -0.136. The van der Waals surface area contributed by atoms with E-state index < -0.39 is 9.84 Å². The summed E-state index contributed by atoms with van der Waals surface area (Å²) in [5, 5.41) is 0. The molecule has 1 rings (SSSR count). The van der Waals surface area contributed by atoms with Crippen LogP contribution in [0.15, 0.2) is 35.2 Å². The highest BCUT2D eigenvalue weighted by atomic mass is 32.2. The van der Waals surface area contributed by atoms with Crippen molar-refractivity contribution < 1.29 is 17.9 Å². The summed E-state index contributed by atoms with van der Waals surface area (Å²) in [6.07, 6.45) is 4.78. The van der Waals surface area contributed by atoms with E-state index in [0.717, 1.165) is 19.1 Å². The number of rotatable bonds is 7. The number of carbonyl (C=O) groups is 1. The highest BCUT2D eigenvalue weighted by Crippen LogP contribution is 2.21. The van der Waals surface area contributed by atoms with Crippen molar-refractivity contribution in [2.24, 2.45) is 5.92 Å². The van der Waals surface area contributed by atoms with Gasteiger partial charge in [0.05, 0.1) is 17.1 Å². The summed E-state index contributed by atoms with van der Waals surface area (Å²) in [7, 11) is -3.24. The lowest BCUT2D eigenvalue weighted by atomic mass is 10.0. The zero-order chi connectivity index (χ0) is 16.8. The summed E-state index contributed by atoms with van der Waals surface area (Å²) in [5.41, 5.74) is 1.16. The van der Waals surface area contributed by atoms with Crippen molar-refractivity contribution >= 4 is 21.4 Å². The van der Waals surface area contributed by atoms with Crippen LogP contribution in [0.1, 0.15) is 39.2 Å². The summed E-state index contributed by atoms with van der Waals surface area (Å²) in [4.78, 5) is 12.3. The lowest BCUT2D eigenvalue weighted by Crippen LogP contribution is -2.07. The van der Waals surface area contributed by atoms with Crippen molar-refractivity contribution in [3.05, 3.63) is 35.9 Å². The van der Waals surface area contributed by atoms with E-state index in [0.29, 0.717) is 23.7 Å². The van der Waals surface area contributed by atoms with E-state index in [9.17, 15) is 13.2 Å². The van der Waals surface area contributed by atoms with Gasteiger partial charge in [0, 0.05) is 6.26 Å². The number of ether oxygens (including phenoxy) is 1. The second-order valence-electron chi connectivity index (χ2n) is 5.61. The van der Waals surface area contributed by atoms with Gasteiger partial charge in [-0.2, -0.15) is 0 Å². The average Bonchev–Trinajstić information content (AvgIpc) is 2.43. The maximum absolute atomic E-state index is 12.1. The van der Waals surface area contributed by atoms with Crippen LogP contribution in [0.25, 0.3) is 5.57 Å². The maximum atomic E-state index is 12.1. The van der Waals surface area contributed by atoms with E-state index in [-0.39, 0.29) is 10.9 Å². The Hall–Kier alpha value is -1.62. The van der Waals surface area contributed by atoms with Crippen LogP contribution < -0.4 is 0 Å². The molecule has 0 atom stereocenters. The molecular weight excluding hydrogens is 300 g/mol. The minimum atomic E-state index is -3.24. The predicted molar refractivity (Wildman–Crippen MR) is 88.2 cm³/mol. The second-order valence-corrected chi connectivity index (χ2v) is 7.62. The van der Waals surface area contributed by atoms with Crippen LogP contribution in [-0.4, -0.2) is 27.2 Å². The zero-order valence-corrected chi connectivity index (χ0v) is 14.4. The van der Waals surface area contributed by atoms with Crippen molar-refractivity contribution in [2.45, 2.75) is 38.5 Å². The van der Waals surface area contributed by atoms with Crippen LogP contribution in [-0.2, 0) is 19.4 Å². The van der Waals surface area contributed by atoms with Gasteiger partial charge in [0.1, 0.15) is 0 Å². The number of hydrogen-bond donors (Lipinski definition) is 0. The molecule has 0 N–H and O–H groups in total. The van der Waals surface area contributed by atoms with Gasteiger partial charge in [-0.3, -0.25) is 0 Å². The largest absolute Gasteiger partial charge is 0.462 e. The average molecular weight is 324 g/mol. The first-order valence-electron chi connectivity index (χ1n) is 7.43. The standard InChI is InChI=1S/C17H24O4S/c1-5-21-17(18)16(8-6-7-13(2)3)14-9-11-15(12-10-14)22(4,19)20/h8-13H,5-7H2,1-4H3. The van der Waals surface area contributed by atoms with Crippen molar-refractivity contribution in [1.82, 2.24) is 0 Å². The summed E-state index contributed by atoms with van der Waals surface area (Å²) in [5.74, 6) is 0.172. The minimum absolute atomic E-state index is 0.238. The predicted octanol–water partition coefficient (Wildman–Crippen LogP) is 3.47. The van der Waals surface area contributed by atoms with Crippen molar-refractivity contribution in [3.8, 4) is 0 Å². The number of esters is 1. The Morgan fingerprint density at radius 3 is 2.27 bits per heavy atom. The van der Waals surface area contributed by atoms with Gasteiger partial charge in [0.2, 0.25) is 0 Å². The van der Waals surface area contributed by atoms with Crippen LogP contribution in [0.5, 0.6) is 0 Å². The van der Waals surface area contributed by atoms with Crippen LogP contribution in [0.2, 0.25) is 0 Å². The van der Waals surface area contributed by atoms with E-state index >= 15 is 0 Å². The molecule has 0 heterocycles. The SMILES string of the molecule is CCOC(=O)C(=CCCC(C)C)c1ccc(S(C)(=O)=O)cc1. The van der Waals surface area contributed by atoms with E-state index in [4.69, 9.17) is 4.74 Å². The molecule has 0 aliphatic rings. The third kappa shape index (κ3) is 5.64. The molecule has 0 aliphatic heterocycles. The highest BCUT2D eigenvalue weighted by Gasteiger charge is 2.14. The molecule has 1 aromatic carbocycles. The molecule has 0 amide bonds. The molecule has 0 spiro atoms. The number of hydrogen-bond acceptors (Lipinski definition) is 4. The first-order valence-corrected chi connectivity index (χ1v) is 9.32. The normalized spacial score (nSPS) is 12.5. The molecule has 1 aromatic rings. The molecule has 0 radical (unpaired) electrons. The molecule has 0 aliphatic carbocycles. The summed E-state index contributed by atoms with van der Waals surface area (Å²) in [6, 6.07) is 6.32. The fraction of sp³-hybridized carbons (Fsp3) is 0.471. The van der Waals surface area contributed by atoms with Gasteiger partial charge in [-0.15, -0.1) is 0 Å². The molecular formula is C17H24O4S. The number of carbonyl (C=O) groups excluding carboxylic acids is 1. The first kappa shape index (κ1) is 18.4. The highest BCUT2D eigenvalue weighted by molar-refractivity contribution is 7.90. The molecule has 0 unspecified atom stereocenters. The fourth-order valence-corrected chi connectivity index (χ4v) is 2.60. The molecule has 4 nitrogen and oxygen atoms in total. The van der Waals surface area contributed by atoms with Gasteiger partial charge < -0.3 is 4.74 Å². The lowest BCUT2D eigenvalue weighted by Gasteiger charge is -2.09. The summed E-state index contributed by atoms with van der Waals surface area (Å²) in [6.45, 7) is 6.32. The van der Waals surface area contributed by atoms with Gasteiger partial charge >= 0.3 is 5.97 Å². The van der Waals surface area contributed by atoms with E-state index in [1.165, 1.54) is 12.1 Å². The summed E-state index contributed by atoms with van der Waals surface area (Å²) >= 11 is 0. The van der Waals surface area contributed by atoms with Crippen molar-refractivity contribution in [1.29, 1.82) is 0 Å². The Morgan fingerprint density at radius 2 is 1.82 bits per heavy atom. The van der Waals surface area contributed by atoms with Crippen LogP contribution in [0, 0.1) is 5.92 Å². The van der Waals surface area contributed by atoms with E-state index in [1.807, 2.05) is 6.08 Å².